The van der Waals surface area contributed by atoms with Crippen LogP contribution in [0, 0.1) is 0 Å². The van der Waals surface area contributed by atoms with Crippen LogP contribution in [-0.2, 0) is 13.5 Å². The van der Waals surface area contributed by atoms with Gasteiger partial charge in [0.1, 0.15) is 11.3 Å². The third-order valence-electron chi connectivity index (χ3n) is 4.29. The fourth-order valence-electron chi connectivity index (χ4n) is 3.17. The van der Waals surface area contributed by atoms with Crippen molar-refractivity contribution in [3.63, 3.8) is 0 Å². The Labute approximate surface area is 114 Å². The van der Waals surface area contributed by atoms with Crippen molar-refractivity contribution < 1.29 is 0 Å². The van der Waals surface area contributed by atoms with Crippen LogP contribution in [0.15, 0.2) is 18.3 Å². The van der Waals surface area contributed by atoms with Gasteiger partial charge >= 0.3 is 0 Å². The van der Waals surface area contributed by atoms with Crippen LogP contribution < -0.4 is 0 Å². The topological polar surface area (TPSA) is 34.0 Å². The van der Waals surface area contributed by atoms with Gasteiger partial charge in [-0.25, -0.2) is 9.97 Å². The van der Waals surface area contributed by atoms with Gasteiger partial charge in [0.05, 0.1) is 0 Å². The average Bonchev–Trinajstić information content (AvgIpc) is 2.77. The van der Waals surface area contributed by atoms with Crippen LogP contribution in [0.1, 0.15) is 32.0 Å². The number of piperidine rings is 1. The maximum Gasteiger partial charge on any atom is 0.159 e. The highest BCUT2D eigenvalue weighted by Gasteiger charge is 2.23. The lowest BCUT2D eigenvalue weighted by Gasteiger charge is -2.34. The molecule has 2 aromatic rings. The molecule has 4 nitrogen and oxygen atoms in total. The summed E-state index contributed by atoms with van der Waals surface area (Å²) in [6.07, 6.45) is 6.87. The van der Waals surface area contributed by atoms with Crippen LogP contribution in [0.25, 0.3) is 11.2 Å². The summed E-state index contributed by atoms with van der Waals surface area (Å²) in [6.45, 7) is 4.64. The number of likely N-dealkylation sites (tertiary alicyclic amines) is 1. The maximum atomic E-state index is 4.75. The number of pyridine rings is 1. The molecule has 0 N–H and O–H groups in total. The Bertz CT molecular complexity index is 560. The molecule has 1 saturated heterocycles. The van der Waals surface area contributed by atoms with Gasteiger partial charge in [-0.15, -0.1) is 0 Å². The van der Waals surface area contributed by atoms with Crippen LogP contribution in [0.2, 0.25) is 0 Å². The van der Waals surface area contributed by atoms with E-state index < -0.39 is 0 Å². The molecule has 0 radical (unpaired) electrons. The Morgan fingerprint density at radius 3 is 3.05 bits per heavy atom. The van der Waals surface area contributed by atoms with Gasteiger partial charge < -0.3 is 9.47 Å². The summed E-state index contributed by atoms with van der Waals surface area (Å²) in [7, 11) is 2.08. The molecule has 3 rings (SSSR count). The molecular weight excluding hydrogens is 236 g/mol. The standard InChI is InChI=1S/C15H22N4/c1-3-19-10-5-4-7-12(19)11-14-17-13-8-6-9-16-15(13)18(14)2/h6,8-9,12H,3-5,7,10-11H2,1-2H3. The zero-order valence-corrected chi connectivity index (χ0v) is 11.8. The van der Waals surface area contributed by atoms with E-state index >= 15 is 0 Å². The first-order chi connectivity index (χ1) is 9.29. The van der Waals surface area contributed by atoms with Gasteiger partial charge in [0.15, 0.2) is 5.65 Å². The molecule has 1 unspecified atom stereocenters. The van der Waals surface area contributed by atoms with E-state index in [0.29, 0.717) is 6.04 Å². The molecule has 2 aromatic heterocycles. The second kappa shape index (κ2) is 5.29. The first kappa shape index (κ1) is 12.6. The van der Waals surface area contributed by atoms with Crippen LogP contribution in [0.5, 0.6) is 0 Å². The number of fused-ring (bicyclic) bond motifs is 1. The Morgan fingerprint density at radius 1 is 1.37 bits per heavy atom. The van der Waals surface area contributed by atoms with E-state index in [1.165, 1.54) is 31.6 Å². The Morgan fingerprint density at radius 2 is 2.26 bits per heavy atom. The molecule has 4 heteroatoms. The largest absolute Gasteiger partial charge is 0.316 e. The van der Waals surface area contributed by atoms with E-state index in [-0.39, 0.29) is 0 Å². The number of nitrogens with zero attached hydrogens (tertiary/aromatic N) is 4. The number of hydrogen-bond acceptors (Lipinski definition) is 3. The molecule has 0 spiro atoms. The molecule has 102 valence electrons. The molecule has 19 heavy (non-hydrogen) atoms. The zero-order chi connectivity index (χ0) is 13.2. The number of aromatic nitrogens is 3. The van der Waals surface area contributed by atoms with Crippen molar-refractivity contribution in [1.29, 1.82) is 0 Å². The van der Waals surface area contributed by atoms with Gasteiger partial charge in [-0.05, 0) is 38.1 Å². The van der Waals surface area contributed by atoms with Crippen molar-refractivity contribution in [2.75, 3.05) is 13.1 Å². The molecule has 3 heterocycles. The summed E-state index contributed by atoms with van der Waals surface area (Å²) < 4.78 is 2.15. The highest BCUT2D eigenvalue weighted by Crippen LogP contribution is 2.21. The quantitative estimate of drug-likeness (QED) is 0.847. The molecule has 0 bridgehead atoms. The van der Waals surface area contributed by atoms with Gasteiger partial charge in [0, 0.05) is 25.7 Å². The zero-order valence-electron chi connectivity index (χ0n) is 11.8. The van der Waals surface area contributed by atoms with E-state index in [1.54, 1.807) is 0 Å². The van der Waals surface area contributed by atoms with Gasteiger partial charge in [-0.2, -0.15) is 0 Å². The van der Waals surface area contributed by atoms with E-state index in [1.807, 2.05) is 18.3 Å². The molecule has 0 amide bonds. The molecule has 1 aliphatic rings. The second-order valence-corrected chi connectivity index (χ2v) is 5.42. The molecule has 0 aromatic carbocycles. The van der Waals surface area contributed by atoms with Gasteiger partial charge in [-0.3, -0.25) is 0 Å². The summed E-state index contributed by atoms with van der Waals surface area (Å²) in [6, 6.07) is 4.65. The molecule has 1 aliphatic heterocycles. The predicted molar refractivity (Wildman–Crippen MR) is 77.1 cm³/mol. The Kier molecular flexibility index (Phi) is 3.51. The van der Waals surface area contributed by atoms with Crippen molar-refractivity contribution in [1.82, 2.24) is 19.4 Å². The smallest absolute Gasteiger partial charge is 0.159 e. The summed E-state index contributed by atoms with van der Waals surface area (Å²) >= 11 is 0. The van der Waals surface area contributed by atoms with Gasteiger partial charge in [0.2, 0.25) is 0 Å². The summed E-state index contributed by atoms with van der Waals surface area (Å²) in [5.41, 5.74) is 2.01. The normalized spacial score (nSPS) is 21.1. The monoisotopic (exact) mass is 258 g/mol. The van der Waals surface area contributed by atoms with Gasteiger partial charge in [-0.1, -0.05) is 13.3 Å². The average molecular weight is 258 g/mol. The lowest BCUT2D eigenvalue weighted by atomic mass is 9.99. The second-order valence-electron chi connectivity index (χ2n) is 5.42. The highest BCUT2D eigenvalue weighted by molar-refractivity contribution is 5.70. The highest BCUT2D eigenvalue weighted by atomic mass is 15.2. The number of aryl methyl sites for hydroxylation is 1. The summed E-state index contributed by atoms with van der Waals surface area (Å²) in [5.74, 6) is 1.17. The molecule has 0 aliphatic carbocycles. The predicted octanol–water partition coefficient (Wildman–Crippen LogP) is 2.39. The molecule has 1 fully saturated rings. The Balaban J connectivity index is 1.86. The maximum absolute atomic E-state index is 4.75. The SMILES string of the molecule is CCN1CCCCC1Cc1nc2cccnc2n1C. The summed E-state index contributed by atoms with van der Waals surface area (Å²) in [5, 5.41) is 0. The van der Waals surface area contributed by atoms with Gasteiger partial charge in [0.25, 0.3) is 0 Å². The van der Waals surface area contributed by atoms with Crippen molar-refractivity contribution >= 4 is 11.2 Å². The molecule has 0 saturated carbocycles. The van der Waals surface area contributed by atoms with E-state index in [9.17, 15) is 0 Å². The van der Waals surface area contributed by atoms with Crippen LogP contribution in [0.3, 0.4) is 0 Å². The van der Waals surface area contributed by atoms with E-state index in [0.717, 1.165) is 24.1 Å². The van der Waals surface area contributed by atoms with Crippen LogP contribution >= 0.6 is 0 Å². The first-order valence-electron chi connectivity index (χ1n) is 7.30. The first-order valence-corrected chi connectivity index (χ1v) is 7.30. The molecule has 1 atom stereocenters. The minimum atomic E-state index is 0.647. The third-order valence-corrected chi connectivity index (χ3v) is 4.29. The fourth-order valence-corrected chi connectivity index (χ4v) is 3.17. The number of imidazole rings is 1. The lowest BCUT2D eigenvalue weighted by molar-refractivity contribution is 0.153. The fraction of sp³-hybridized carbons (Fsp3) is 0.600. The number of hydrogen-bond donors (Lipinski definition) is 0. The van der Waals surface area contributed by atoms with Crippen molar-refractivity contribution in [3.8, 4) is 0 Å². The number of rotatable bonds is 3. The minimum Gasteiger partial charge on any atom is -0.316 e. The number of likely N-dealkylation sites (N-methyl/N-ethyl adjacent to an activating group) is 1. The van der Waals surface area contributed by atoms with Crippen molar-refractivity contribution in [2.24, 2.45) is 7.05 Å². The summed E-state index contributed by atoms with van der Waals surface area (Å²) in [4.78, 5) is 11.8. The van der Waals surface area contributed by atoms with Crippen molar-refractivity contribution in [3.05, 3.63) is 24.2 Å². The van der Waals surface area contributed by atoms with Crippen LogP contribution in [0.4, 0.5) is 0 Å². The lowest BCUT2D eigenvalue weighted by Crippen LogP contribution is -2.41. The van der Waals surface area contributed by atoms with E-state index in [2.05, 4.69) is 28.4 Å². The Hall–Kier alpha value is -1.42. The minimum absolute atomic E-state index is 0.647. The third kappa shape index (κ3) is 2.37. The van der Waals surface area contributed by atoms with Crippen molar-refractivity contribution in [2.45, 2.75) is 38.6 Å². The molecular formula is C15H22N4. The van der Waals surface area contributed by atoms with Crippen LogP contribution in [-0.4, -0.2) is 38.6 Å². The van der Waals surface area contributed by atoms with E-state index in [4.69, 9.17) is 4.98 Å².